The molecule has 0 heterocycles. The van der Waals surface area contributed by atoms with Crippen LogP contribution in [0.2, 0.25) is 0 Å². The second kappa shape index (κ2) is 4.72. The monoisotopic (exact) mass is 346 g/mol. The van der Waals surface area contributed by atoms with Crippen molar-refractivity contribution < 1.29 is 52.1 Å². The van der Waals surface area contributed by atoms with Gasteiger partial charge in [-0.2, -0.15) is 0 Å². The van der Waals surface area contributed by atoms with Crippen molar-refractivity contribution in [1.29, 1.82) is 0 Å². The molecular formula is C3H3AuNO6. The molecule has 1 radical (unpaired) electrons. The van der Waals surface area contributed by atoms with Crippen LogP contribution >= 0.6 is 0 Å². The molecule has 0 aliphatic carbocycles. The standard InChI is InChI=1S/C3H3NO6.Au/c5-1(6)4(2(7)8)3(9)10;/h(H,5,6)(H,7,8)(H,9,10);. The van der Waals surface area contributed by atoms with Crippen LogP contribution in [0.1, 0.15) is 0 Å². The van der Waals surface area contributed by atoms with Crippen LogP contribution < -0.4 is 0 Å². The van der Waals surface area contributed by atoms with E-state index in [9.17, 15) is 14.4 Å². The van der Waals surface area contributed by atoms with Gasteiger partial charge in [0.25, 0.3) is 0 Å². The maximum absolute atomic E-state index is 9.75. The Morgan fingerprint density at radius 1 is 0.818 bits per heavy atom. The first-order valence-electron chi connectivity index (χ1n) is 1.95. The minimum absolute atomic E-state index is 0. The van der Waals surface area contributed by atoms with Crippen LogP contribution in [0.15, 0.2) is 0 Å². The van der Waals surface area contributed by atoms with Gasteiger partial charge in [0.15, 0.2) is 0 Å². The second-order valence-corrected chi connectivity index (χ2v) is 1.18. The fraction of sp³-hybridized carbons (Fsp3) is 0. The molecular weight excluding hydrogens is 343 g/mol. The minimum Gasteiger partial charge on any atom is -0.464 e. The van der Waals surface area contributed by atoms with E-state index in [1.165, 1.54) is 0 Å². The van der Waals surface area contributed by atoms with Crippen LogP contribution in [0.5, 0.6) is 0 Å². The molecule has 0 spiro atoms. The maximum Gasteiger partial charge on any atom is 0.426 e. The van der Waals surface area contributed by atoms with E-state index in [2.05, 4.69) is 0 Å². The zero-order chi connectivity index (χ0) is 8.31. The van der Waals surface area contributed by atoms with E-state index in [0.717, 1.165) is 0 Å². The van der Waals surface area contributed by atoms with E-state index in [1.807, 2.05) is 0 Å². The van der Waals surface area contributed by atoms with Crippen molar-refractivity contribution in [3.05, 3.63) is 0 Å². The summed E-state index contributed by atoms with van der Waals surface area (Å²) in [5.41, 5.74) is 0. The van der Waals surface area contributed by atoms with Gasteiger partial charge in [0.05, 0.1) is 0 Å². The van der Waals surface area contributed by atoms with Gasteiger partial charge in [0.1, 0.15) is 0 Å². The summed E-state index contributed by atoms with van der Waals surface area (Å²) in [6.07, 6.45) is -6.12. The van der Waals surface area contributed by atoms with E-state index < -0.39 is 23.2 Å². The SMILES string of the molecule is O=C(O)N(C(=O)O)C(=O)O.[Au]. The first kappa shape index (κ1) is 12.6. The van der Waals surface area contributed by atoms with Gasteiger partial charge in [-0.3, -0.25) is 0 Å². The van der Waals surface area contributed by atoms with Crippen LogP contribution in [0, 0.1) is 0 Å². The van der Waals surface area contributed by atoms with Gasteiger partial charge >= 0.3 is 18.3 Å². The number of hydrogen-bond acceptors (Lipinski definition) is 3. The molecule has 0 bridgehead atoms. The molecule has 0 atom stereocenters. The molecule has 11 heavy (non-hydrogen) atoms. The molecule has 0 fully saturated rings. The topological polar surface area (TPSA) is 115 Å². The number of carboxylic acid groups (broad SMARTS) is 3. The molecule has 67 valence electrons. The Kier molecular flexibility index (Phi) is 5.41. The van der Waals surface area contributed by atoms with Gasteiger partial charge in [-0.15, -0.1) is 4.90 Å². The number of hydrogen-bond donors (Lipinski definition) is 3. The van der Waals surface area contributed by atoms with Crippen molar-refractivity contribution in [2.24, 2.45) is 0 Å². The average Bonchev–Trinajstić information content (AvgIpc) is 1.59. The summed E-state index contributed by atoms with van der Waals surface area (Å²) < 4.78 is 0. The number of imide groups is 3. The van der Waals surface area contributed by atoms with Crippen LogP contribution in [0.25, 0.3) is 0 Å². The molecule has 0 aromatic carbocycles. The third-order valence-corrected chi connectivity index (χ3v) is 0.574. The predicted octanol–water partition coefficient (Wildman–Crippen LogP) is 0.320. The molecule has 0 rings (SSSR count). The van der Waals surface area contributed by atoms with Gasteiger partial charge in [-0.1, -0.05) is 0 Å². The van der Waals surface area contributed by atoms with Crippen LogP contribution in [0.4, 0.5) is 14.4 Å². The molecule has 0 aliphatic rings. The van der Waals surface area contributed by atoms with E-state index in [-0.39, 0.29) is 22.4 Å². The fourth-order valence-electron chi connectivity index (χ4n) is 0.245. The van der Waals surface area contributed by atoms with E-state index in [0.29, 0.717) is 0 Å². The van der Waals surface area contributed by atoms with Crippen molar-refractivity contribution in [3.63, 3.8) is 0 Å². The molecule has 8 heteroatoms. The molecule has 3 N–H and O–H groups in total. The molecule has 0 saturated heterocycles. The normalized spacial score (nSPS) is 7.64. The molecule has 0 unspecified atom stereocenters. The minimum atomic E-state index is -2.04. The number of carbonyl (C=O) groups is 3. The Morgan fingerprint density at radius 3 is 1.00 bits per heavy atom. The predicted molar refractivity (Wildman–Crippen MR) is 25.9 cm³/mol. The number of amides is 3. The Balaban J connectivity index is 0. The van der Waals surface area contributed by atoms with Gasteiger partial charge in [-0.25, -0.2) is 14.4 Å². The molecule has 0 saturated carbocycles. The van der Waals surface area contributed by atoms with Crippen LogP contribution in [0.3, 0.4) is 0 Å². The molecule has 0 aliphatic heterocycles. The first-order valence-corrected chi connectivity index (χ1v) is 1.95. The third-order valence-electron chi connectivity index (χ3n) is 0.574. The quantitative estimate of drug-likeness (QED) is 0.544. The molecule has 7 nitrogen and oxygen atoms in total. The first-order chi connectivity index (χ1) is 4.46. The van der Waals surface area contributed by atoms with Gasteiger partial charge < -0.3 is 15.3 Å². The van der Waals surface area contributed by atoms with Gasteiger partial charge in [0.2, 0.25) is 0 Å². The summed E-state index contributed by atoms with van der Waals surface area (Å²) in [7, 11) is 0. The molecule has 0 aromatic heterocycles. The smallest absolute Gasteiger partial charge is 0.426 e. The molecule has 0 aromatic rings. The summed E-state index contributed by atoms with van der Waals surface area (Å²) in [5, 5.41) is 23.6. The van der Waals surface area contributed by atoms with Crippen molar-refractivity contribution in [3.8, 4) is 0 Å². The number of rotatable bonds is 0. The van der Waals surface area contributed by atoms with E-state index in [1.54, 1.807) is 0 Å². The van der Waals surface area contributed by atoms with Crippen molar-refractivity contribution >= 4 is 18.3 Å². The third kappa shape index (κ3) is 3.61. The Labute approximate surface area is 75.7 Å². The summed E-state index contributed by atoms with van der Waals surface area (Å²) >= 11 is 0. The van der Waals surface area contributed by atoms with Crippen LogP contribution in [-0.2, 0) is 22.4 Å². The largest absolute Gasteiger partial charge is 0.464 e. The summed E-state index contributed by atoms with van der Waals surface area (Å²) in [4.78, 5) is 28.5. The summed E-state index contributed by atoms with van der Waals surface area (Å²) in [5.74, 6) is 0. The average molecular weight is 346 g/mol. The summed E-state index contributed by atoms with van der Waals surface area (Å²) in [6, 6.07) is 0. The summed E-state index contributed by atoms with van der Waals surface area (Å²) in [6.45, 7) is 0. The van der Waals surface area contributed by atoms with E-state index in [4.69, 9.17) is 15.3 Å². The van der Waals surface area contributed by atoms with Crippen LogP contribution in [-0.4, -0.2) is 38.5 Å². The van der Waals surface area contributed by atoms with Crippen molar-refractivity contribution in [2.45, 2.75) is 0 Å². The van der Waals surface area contributed by atoms with Gasteiger partial charge in [-0.05, 0) is 0 Å². The van der Waals surface area contributed by atoms with Crippen molar-refractivity contribution in [2.75, 3.05) is 0 Å². The Morgan fingerprint density at radius 2 is 1.00 bits per heavy atom. The van der Waals surface area contributed by atoms with Gasteiger partial charge in [0, 0.05) is 22.4 Å². The van der Waals surface area contributed by atoms with Crippen molar-refractivity contribution in [1.82, 2.24) is 4.90 Å². The zero-order valence-electron chi connectivity index (χ0n) is 4.82. The Hall–Kier alpha value is -1.05. The number of nitrogens with zero attached hydrogens (tertiary/aromatic N) is 1. The fourth-order valence-corrected chi connectivity index (χ4v) is 0.245. The maximum atomic E-state index is 9.75. The second-order valence-electron chi connectivity index (χ2n) is 1.18. The Bertz CT molecular complexity index is 157. The van der Waals surface area contributed by atoms with E-state index >= 15 is 0 Å². The zero-order valence-corrected chi connectivity index (χ0v) is 6.98. The molecule has 3 amide bonds.